The molecular weight excluding hydrogens is 236 g/mol. The Morgan fingerprint density at radius 2 is 1.95 bits per heavy atom. The maximum atomic E-state index is 5.83. The summed E-state index contributed by atoms with van der Waals surface area (Å²) in [5.41, 5.74) is 9.34. The average Bonchev–Trinajstić information content (AvgIpc) is 2.71. The van der Waals surface area contributed by atoms with Gasteiger partial charge in [-0.05, 0) is 18.9 Å². The third-order valence-corrected chi connectivity index (χ3v) is 3.46. The standard InChI is InChI=1S/C15H22N4/c1-12-14(11-16)15(19(3)17-12)18(2)10-9-13-7-5-4-6-8-13/h4-8H,9-11,16H2,1-3H3. The molecule has 4 heteroatoms. The Labute approximate surface area is 114 Å². The normalized spacial score (nSPS) is 10.7. The van der Waals surface area contributed by atoms with Crippen molar-refractivity contribution in [3.63, 3.8) is 0 Å². The highest BCUT2D eigenvalue weighted by Gasteiger charge is 2.15. The van der Waals surface area contributed by atoms with Crippen molar-refractivity contribution in [2.45, 2.75) is 19.9 Å². The molecule has 0 fully saturated rings. The van der Waals surface area contributed by atoms with Gasteiger partial charge in [0.1, 0.15) is 5.82 Å². The molecule has 4 nitrogen and oxygen atoms in total. The van der Waals surface area contributed by atoms with Crippen LogP contribution in [0.15, 0.2) is 30.3 Å². The first-order valence-electron chi connectivity index (χ1n) is 6.61. The Morgan fingerprint density at radius 3 is 2.58 bits per heavy atom. The molecule has 1 aromatic carbocycles. The Balaban J connectivity index is 2.10. The van der Waals surface area contributed by atoms with Gasteiger partial charge in [-0.1, -0.05) is 30.3 Å². The monoisotopic (exact) mass is 258 g/mol. The van der Waals surface area contributed by atoms with Crippen LogP contribution in [0.2, 0.25) is 0 Å². The molecule has 0 aliphatic rings. The van der Waals surface area contributed by atoms with Crippen LogP contribution in [0.25, 0.3) is 0 Å². The van der Waals surface area contributed by atoms with E-state index in [-0.39, 0.29) is 0 Å². The zero-order valence-corrected chi connectivity index (χ0v) is 11.9. The van der Waals surface area contributed by atoms with Crippen LogP contribution in [0.3, 0.4) is 0 Å². The summed E-state index contributed by atoms with van der Waals surface area (Å²) >= 11 is 0. The zero-order valence-electron chi connectivity index (χ0n) is 11.9. The number of benzene rings is 1. The largest absolute Gasteiger partial charge is 0.359 e. The van der Waals surface area contributed by atoms with Crippen molar-refractivity contribution >= 4 is 5.82 Å². The first-order valence-corrected chi connectivity index (χ1v) is 6.61. The van der Waals surface area contributed by atoms with Crippen molar-refractivity contribution in [3.05, 3.63) is 47.2 Å². The minimum Gasteiger partial charge on any atom is -0.359 e. The van der Waals surface area contributed by atoms with Crippen LogP contribution < -0.4 is 10.6 Å². The Kier molecular flexibility index (Phi) is 4.22. The number of nitrogens with two attached hydrogens (primary N) is 1. The molecule has 2 rings (SSSR count). The van der Waals surface area contributed by atoms with E-state index in [9.17, 15) is 0 Å². The SMILES string of the molecule is Cc1nn(C)c(N(C)CCc2ccccc2)c1CN. The van der Waals surface area contributed by atoms with Crippen molar-refractivity contribution in [1.82, 2.24) is 9.78 Å². The van der Waals surface area contributed by atoms with Crippen molar-refractivity contribution in [2.24, 2.45) is 12.8 Å². The van der Waals surface area contributed by atoms with Crippen molar-refractivity contribution in [3.8, 4) is 0 Å². The quantitative estimate of drug-likeness (QED) is 0.890. The van der Waals surface area contributed by atoms with Gasteiger partial charge in [0.15, 0.2) is 0 Å². The van der Waals surface area contributed by atoms with Gasteiger partial charge in [0.05, 0.1) is 5.69 Å². The van der Waals surface area contributed by atoms with Crippen LogP contribution in [0.5, 0.6) is 0 Å². The maximum Gasteiger partial charge on any atom is 0.131 e. The van der Waals surface area contributed by atoms with Crippen molar-refractivity contribution < 1.29 is 0 Å². The average molecular weight is 258 g/mol. The summed E-state index contributed by atoms with van der Waals surface area (Å²) in [5, 5.41) is 4.45. The number of anilines is 1. The second kappa shape index (κ2) is 5.89. The lowest BCUT2D eigenvalue weighted by Crippen LogP contribution is -2.24. The summed E-state index contributed by atoms with van der Waals surface area (Å²) in [5.74, 6) is 1.12. The van der Waals surface area contributed by atoms with Gasteiger partial charge < -0.3 is 10.6 Å². The highest BCUT2D eigenvalue weighted by atomic mass is 15.4. The third-order valence-electron chi connectivity index (χ3n) is 3.46. The Bertz CT molecular complexity index is 531. The maximum absolute atomic E-state index is 5.83. The lowest BCUT2D eigenvalue weighted by Gasteiger charge is -2.20. The van der Waals surface area contributed by atoms with Crippen LogP contribution in [-0.4, -0.2) is 23.4 Å². The molecule has 0 atom stereocenters. The second-order valence-electron chi connectivity index (χ2n) is 4.87. The molecule has 0 amide bonds. The van der Waals surface area contributed by atoms with Gasteiger partial charge in [-0.2, -0.15) is 5.10 Å². The number of likely N-dealkylation sites (N-methyl/N-ethyl adjacent to an activating group) is 1. The molecule has 0 saturated heterocycles. The summed E-state index contributed by atoms with van der Waals surface area (Å²) in [7, 11) is 4.07. The van der Waals surface area contributed by atoms with Gasteiger partial charge in [-0.3, -0.25) is 4.68 Å². The number of nitrogens with zero attached hydrogens (tertiary/aromatic N) is 3. The van der Waals surface area contributed by atoms with E-state index in [1.807, 2.05) is 24.7 Å². The fourth-order valence-corrected chi connectivity index (χ4v) is 2.45. The van der Waals surface area contributed by atoms with Gasteiger partial charge in [0.25, 0.3) is 0 Å². The number of aromatic nitrogens is 2. The molecule has 0 unspecified atom stereocenters. The predicted octanol–water partition coefficient (Wildman–Crippen LogP) is 1.87. The highest BCUT2D eigenvalue weighted by molar-refractivity contribution is 5.49. The molecule has 0 radical (unpaired) electrons. The fourth-order valence-electron chi connectivity index (χ4n) is 2.45. The summed E-state index contributed by atoms with van der Waals surface area (Å²) in [6.07, 6.45) is 1.02. The Hall–Kier alpha value is -1.81. The molecule has 0 saturated carbocycles. The van der Waals surface area contributed by atoms with Gasteiger partial charge >= 0.3 is 0 Å². The number of aryl methyl sites for hydroxylation is 2. The van der Waals surface area contributed by atoms with E-state index in [1.165, 1.54) is 5.56 Å². The number of rotatable bonds is 5. The molecule has 0 bridgehead atoms. The van der Waals surface area contributed by atoms with Crippen molar-refractivity contribution in [1.29, 1.82) is 0 Å². The molecule has 0 aliphatic carbocycles. The molecule has 0 spiro atoms. The summed E-state index contributed by atoms with van der Waals surface area (Å²) in [4.78, 5) is 2.23. The summed E-state index contributed by atoms with van der Waals surface area (Å²) < 4.78 is 1.92. The number of hydrogen-bond acceptors (Lipinski definition) is 3. The van der Waals surface area contributed by atoms with E-state index in [0.717, 1.165) is 30.0 Å². The topological polar surface area (TPSA) is 47.1 Å². The van der Waals surface area contributed by atoms with Gasteiger partial charge in [0.2, 0.25) is 0 Å². The van der Waals surface area contributed by atoms with Crippen LogP contribution in [0.4, 0.5) is 5.82 Å². The van der Waals surface area contributed by atoms with Crippen LogP contribution in [0, 0.1) is 6.92 Å². The lowest BCUT2D eigenvalue weighted by atomic mass is 10.1. The van der Waals surface area contributed by atoms with E-state index < -0.39 is 0 Å². The first kappa shape index (κ1) is 13.6. The molecule has 2 aromatic rings. The molecule has 19 heavy (non-hydrogen) atoms. The molecular formula is C15H22N4. The smallest absolute Gasteiger partial charge is 0.131 e. The van der Waals surface area contributed by atoms with E-state index in [0.29, 0.717) is 6.54 Å². The second-order valence-corrected chi connectivity index (χ2v) is 4.87. The fraction of sp³-hybridized carbons (Fsp3) is 0.400. The zero-order chi connectivity index (χ0) is 13.8. The van der Waals surface area contributed by atoms with E-state index in [4.69, 9.17) is 5.73 Å². The van der Waals surface area contributed by atoms with Crippen LogP contribution >= 0.6 is 0 Å². The van der Waals surface area contributed by atoms with Gasteiger partial charge in [-0.15, -0.1) is 0 Å². The first-order chi connectivity index (χ1) is 9.13. The van der Waals surface area contributed by atoms with Crippen LogP contribution in [0.1, 0.15) is 16.8 Å². The molecule has 102 valence electrons. The lowest BCUT2D eigenvalue weighted by molar-refractivity contribution is 0.723. The summed E-state index contributed by atoms with van der Waals surface area (Å²) in [6, 6.07) is 10.5. The highest BCUT2D eigenvalue weighted by Crippen LogP contribution is 2.21. The summed E-state index contributed by atoms with van der Waals surface area (Å²) in [6.45, 7) is 3.50. The van der Waals surface area contributed by atoms with E-state index >= 15 is 0 Å². The van der Waals surface area contributed by atoms with E-state index in [1.54, 1.807) is 0 Å². The third kappa shape index (κ3) is 2.96. The molecule has 1 aromatic heterocycles. The molecule has 0 aliphatic heterocycles. The van der Waals surface area contributed by atoms with Crippen molar-refractivity contribution in [2.75, 3.05) is 18.5 Å². The predicted molar refractivity (Wildman–Crippen MR) is 79.3 cm³/mol. The minimum absolute atomic E-state index is 0.532. The van der Waals surface area contributed by atoms with Gasteiger partial charge in [0, 0.05) is 32.7 Å². The van der Waals surface area contributed by atoms with Crippen LogP contribution in [-0.2, 0) is 20.0 Å². The van der Waals surface area contributed by atoms with Gasteiger partial charge in [-0.25, -0.2) is 0 Å². The Morgan fingerprint density at radius 1 is 1.26 bits per heavy atom. The molecule has 2 N–H and O–H groups in total. The number of hydrogen-bond donors (Lipinski definition) is 1. The van der Waals surface area contributed by atoms with E-state index in [2.05, 4.69) is 41.3 Å². The molecule has 1 heterocycles. The minimum atomic E-state index is 0.532.